The molecule has 1 heterocycles. The number of phenolic OH excluding ortho intramolecular Hbond substituents is 1. The van der Waals surface area contributed by atoms with E-state index in [-0.39, 0.29) is 23.3 Å². The molecule has 1 aromatic carbocycles. The van der Waals surface area contributed by atoms with Crippen LogP contribution in [0.25, 0.3) is 0 Å². The van der Waals surface area contributed by atoms with E-state index in [1.807, 2.05) is 0 Å². The summed E-state index contributed by atoms with van der Waals surface area (Å²) in [4.78, 5) is 12.1. The number of carbonyl (C=O) groups is 1. The van der Waals surface area contributed by atoms with Gasteiger partial charge in [0.05, 0.1) is 5.56 Å². The average molecular weight is 327 g/mol. The van der Waals surface area contributed by atoms with E-state index in [4.69, 9.17) is 0 Å². The van der Waals surface area contributed by atoms with Crippen LogP contribution in [0.1, 0.15) is 23.2 Å². The Balaban J connectivity index is 1.93. The smallest absolute Gasteiger partial charge is 0.281 e. The minimum atomic E-state index is -3.40. The molecule has 2 N–H and O–H groups in total. The van der Waals surface area contributed by atoms with E-state index in [2.05, 4.69) is 5.32 Å². The van der Waals surface area contributed by atoms with Gasteiger partial charge in [0, 0.05) is 33.2 Å². The SMILES string of the molecule is CN(C)S(=O)(=O)N1CCC(NC(=O)c2ccccc2O)CC1. The largest absolute Gasteiger partial charge is 0.507 e. The number of amides is 1. The van der Waals surface area contributed by atoms with E-state index in [1.165, 1.54) is 28.8 Å². The molecule has 0 spiro atoms. The number of piperidine rings is 1. The second kappa shape index (κ2) is 6.64. The zero-order valence-electron chi connectivity index (χ0n) is 12.7. The zero-order chi connectivity index (χ0) is 16.3. The van der Waals surface area contributed by atoms with Gasteiger partial charge in [-0.15, -0.1) is 0 Å². The van der Waals surface area contributed by atoms with E-state index >= 15 is 0 Å². The summed E-state index contributed by atoms with van der Waals surface area (Å²) in [6.07, 6.45) is 1.10. The van der Waals surface area contributed by atoms with Crippen molar-refractivity contribution in [3.63, 3.8) is 0 Å². The highest BCUT2D eigenvalue weighted by molar-refractivity contribution is 7.86. The molecule has 1 saturated heterocycles. The van der Waals surface area contributed by atoms with Crippen LogP contribution in [0.5, 0.6) is 5.75 Å². The van der Waals surface area contributed by atoms with Crippen molar-refractivity contribution >= 4 is 16.1 Å². The van der Waals surface area contributed by atoms with Crippen LogP contribution >= 0.6 is 0 Å². The highest BCUT2D eigenvalue weighted by atomic mass is 32.2. The topological polar surface area (TPSA) is 90.0 Å². The van der Waals surface area contributed by atoms with Crippen molar-refractivity contribution in [1.82, 2.24) is 13.9 Å². The molecular weight excluding hydrogens is 306 g/mol. The molecule has 0 aliphatic carbocycles. The van der Waals surface area contributed by atoms with Crippen molar-refractivity contribution in [3.8, 4) is 5.75 Å². The van der Waals surface area contributed by atoms with Crippen LogP contribution in [0, 0.1) is 0 Å². The molecule has 2 rings (SSSR count). The standard InChI is InChI=1S/C14H21N3O4S/c1-16(2)22(20,21)17-9-7-11(8-10-17)15-14(19)12-5-3-4-6-13(12)18/h3-6,11,18H,7-10H2,1-2H3,(H,15,19). The average Bonchev–Trinajstić information content (AvgIpc) is 2.48. The van der Waals surface area contributed by atoms with Crippen molar-refractivity contribution in [2.24, 2.45) is 0 Å². The number of hydrogen-bond acceptors (Lipinski definition) is 4. The van der Waals surface area contributed by atoms with Gasteiger partial charge < -0.3 is 10.4 Å². The van der Waals surface area contributed by atoms with Crippen molar-refractivity contribution in [3.05, 3.63) is 29.8 Å². The summed E-state index contributed by atoms with van der Waals surface area (Å²) in [6.45, 7) is 0.735. The lowest BCUT2D eigenvalue weighted by atomic mass is 10.1. The first-order chi connectivity index (χ1) is 10.3. The molecule has 1 aliphatic heterocycles. The highest BCUT2D eigenvalue weighted by Crippen LogP contribution is 2.18. The lowest BCUT2D eigenvalue weighted by molar-refractivity contribution is 0.0920. The molecule has 0 radical (unpaired) electrons. The predicted octanol–water partition coefficient (Wildman–Crippen LogP) is 0.393. The summed E-state index contributed by atoms with van der Waals surface area (Å²) in [5, 5.41) is 12.5. The maximum atomic E-state index is 12.1. The van der Waals surface area contributed by atoms with Crippen LogP contribution in [0.15, 0.2) is 24.3 Å². The number of nitrogens with zero attached hydrogens (tertiary/aromatic N) is 2. The predicted molar refractivity (Wildman–Crippen MR) is 82.8 cm³/mol. The molecule has 7 nitrogen and oxygen atoms in total. The zero-order valence-corrected chi connectivity index (χ0v) is 13.5. The molecule has 1 aliphatic rings. The van der Waals surface area contributed by atoms with Gasteiger partial charge in [-0.05, 0) is 25.0 Å². The molecule has 0 atom stereocenters. The third kappa shape index (κ3) is 3.57. The third-order valence-electron chi connectivity index (χ3n) is 3.73. The van der Waals surface area contributed by atoms with E-state index in [0.29, 0.717) is 25.9 Å². The van der Waals surface area contributed by atoms with Crippen molar-refractivity contribution < 1.29 is 18.3 Å². The van der Waals surface area contributed by atoms with Gasteiger partial charge >= 0.3 is 0 Å². The third-order valence-corrected chi connectivity index (χ3v) is 5.67. The number of para-hydroxylation sites is 1. The van der Waals surface area contributed by atoms with Crippen molar-refractivity contribution in [2.45, 2.75) is 18.9 Å². The van der Waals surface area contributed by atoms with Gasteiger partial charge in [-0.1, -0.05) is 12.1 Å². The maximum absolute atomic E-state index is 12.1. The van der Waals surface area contributed by atoms with Crippen LogP contribution in [0.2, 0.25) is 0 Å². The Morgan fingerprint density at radius 1 is 1.27 bits per heavy atom. The first-order valence-corrected chi connectivity index (χ1v) is 8.48. The molecule has 22 heavy (non-hydrogen) atoms. The Kier molecular flexibility index (Phi) is 5.05. The quantitative estimate of drug-likeness (QED) is 0.837. The van der Waals surface area contributed by atoms with E-state index < -0.39 is 10.2 Å². The summed E-state index contributed by atoms with van der Waals surface area (Å²) < 4.78 is 26.6. The second-order valence-corrected chi connectivity index (χ2v) is 7.60. The number of carbonyl (C=O) groups excluding carboxylic acids is 1. The summed E-state index contributed by atoms with van der Waals surface area (Å²) in [6, 6.07) is 6.25. The Labute approximate surface area is 130 Å². The number of nitrogens with one attached hydrogen (secondary N) is 1. The molecule has 0 unspecified atom stereocenters. The number of phenols is 1. The first kappa shape index (κ1) is 16.7. The van der Waals surface area contributed by atoms with Gasteiger partial charge in [0.25, 0.3) is 16.1 Å². The Morgan fingerprint density at radius 3 is 2.41 bits per heavy atom. The highest BCUT2D eigenvalue weighted by Gasteiger charge is 2.30. The fourth-order valence-corrected chi connectivity index (χ4v) is 3.52. The normalized spacial score (nSPS) is 17.6. The van der Waals surface area contributed by atoms with Gasteiger partial charge in [-0.2, -0.15) is 17.0 Å². The lowest BCUT2D eigenvalue weighted by Crippen LogP contribution is -2.49. The molecule has 1 aromatic rings. The second-order valence-electron chi connectivity index (χ2n) is 5.45. The van der Waals surface area contributed by atoms with Gasteiger partial charge in [0.1, 0.15) is 5.75 Å². The Morgan fingerprint density at radius 2 is 1.86 bits per heavy atom. The molecule has 122 valence electrons. The molecule has 1 amide bonds. The summed E-state index contributed by atoms with van der Waals surface area (Å²) >= 11 is 0. The summed E-state index contributed by atoms with van der Waals surface area (Å²) in [7, 11) is -0.394. The van der Waals surface area contributed by atoms with Gasteiger partial charge in [0.15, 0.2) is 0 Å². The number of benzene rings is 1. The molecular formula is C14H21N3O4S. The fraction of sp³-hybridized carbons (Fsp3) is 0.500. The van der Waals surface area contributed by atoms with Crippen molar-refractivity contribution in [2.75, 3.05) is 27.2 Å². The van der Waals surface area contributed by atoms with Crippen LogP contribution in [0.3, 0.4) is 0 Å². The van der Waals surface area contributed by atoms with Crippen LogP contribution < -0.4 is 5.32 Å². The Bertz CT molecular complexity index is 637. The maximum Gasteiger partial charge on any atom is 0.281 e. The van der Waals surface area contributed by atoms with E-state index in [0.717, 1.165) is 0 Å². The summed E-state index contributed by atoms with van der Waals surface area (Å²) in [5.74, 6) is -0.403. The lowest BCUT2D eigenvalue weighted by Gasteiger charge is -2.33. The minimum absolute atomic E-state index is 0.0624. The Hall–Kier alpha value is -1.64. The fourth-order valence-electron chi connectivity index (χ4n) is 2.39. The monoisotopic (exact) mass is 327 g/mol. The van der Waals surface area contributed by atoms with Crippen LogP contribution in [-0.2, 0) is 10.2 Å². The van der Waals surface area contributed by atoms with Gasteiger partial charge in [0.2, 0.25) is 0 Å². The van der Waals surface area contributed by atoms with E-state index in [9.17, 15) is 18.3 Å². The molecule has 1 fully saturated rings. The number of rotatable bonds is 4. The summed E-state index contributed by atoms with van der Waals surface area (Å²) in [5.41, 5.74) is 0.228. The van der Waals surface area contributed by atoms with E-state index in [1.54, 1.807) is 18.2 Å². The van der Waals surface area contributed by atoms with Crippen molar-refractivity contribution in [1.29, 1.82) is 0 Å². The minimum Gasteiger partial charge on any atom is -0.507 e. The molecule has 0 aromatic heterocycles. The molecule has 0 saturated carbocycles. The van der Waals surface area contributed by atoms with Gasteiger partial charge in [-0.25, -0.2) is 0 Å². The first-order valence-electron chi connectivity index (χ1n) is 7.09. The number of hydrogen-bond donors (Lipinski definition) is 2. The van der Waals surface area contributed by atoms with Gasteiger partial charge in [-0.3, -0.25) is 4.79 Å². The molecule has 8 heteroatoms. The van der Waals surface area contributed by atoms with Crippen LogP contribution in [0.4, 0.5) is 0 Å². The van der Waals surface area contributed by atoms with Crippen LogP contribution in [-0.4, -0.2) is 61.3 Å². The number of aromatic hydroxyl groups is 1. The molecule has 0 bridgehead atoms.